The van der Waals surface area contributed by atoms with Gasteiger partial charge in [0.1, 0.15) is 17.5 Å². The molecule has 0 saturated carbocycles. The van der Waals surface area contributed by atoms with E-state index in [4.69, 9.17) is 17.3 Å². The average Bonchev–Trinajstić information content (AvgIpc) is 3.36. The third-order valence-electron chi connectivity index (χ3n) is 5.61. The number of carbonyl (C=O) groups is 2. The SMILES string of the molecule is N#Cc1c(CCCNC(=O)C2CC(=O)N(c3cccc(Cl)c3)C2)nn(-c2ccccc2)c1N. The van der Waals surface area contributed by atoms with Crippen molar-refractivity contribution in [2.24, 2.45) is 5.92 Å². The van der Waals surface area contributed by atoms with Gasteiger partial charge in [0.25, 0.3) is 0 Å². The Morgan fingerprint density at radius 2 is 1.97 bits per heavy atom. The number of anilines is 2. The third-order valence-corrected chi connectivity index (χ3v) is 5.85. The van der Waals surface area contributed by atoms with Crippen molar-refractivity contribution in [2.45, 2.75) is 19.3 Å². The maximum atomic E-state index is 12.6. The lowest BCUT2D eigenvalue weighted by molar-refractivity contribution is -0.126. The predicted octanol–water partition coefficient (Wildman–Crippen LogP) is 3.08. The van der Waals surface area contributed by atoms with E-state index in [0.717, 1.165) is 5.69 Å². The van der Waals surface area contributed by atoms with Crippen molar-refractivity contribution in [1.29, 1.82) is 5.26 Å². The van der Waals surface area contributed by atoms with Crippen molar-refractivity contribution in [3.05, 3.63) is 70.9 Å². The lowest BCUT2D eigenvalue weighted by atomic mass is 10.1. The van der Waals surface area contributed by atoms with Gasteiger partial charge in [0, 0.05) is 30.2 Å². The lowest BCUT2D eigenvalue weighted by Gasteiger charge is -2.17. The fourth-order valence-electron chi connectivity index (χ4n) is 3.93. The van der Waals surface area contributed by atoms with Gasteiger partial charge < -0.3 is 16.0 Å². The number of hydrogen-bond donors (Lipinski definition) is 2. The molecule has 1 unspecified atom stereocenters. The van der Waals surface area contributed by atoms with Crippen LogP contribution in [-0.4, -0.2) is 34.7 Å². The summed E-state index contributed by atoms with van der Waals surface area (Å²) in [5, 5.41) is 17.4. The summed E-state index contributed by atoms with van der Waals surface area (Å²) < 4.78 is 1.56. The molecular formula is C24H23ClN6O2. The number of nitriles is 1. The van der Waals surface area contributed by atoms with Gasteiger partial charge in [-0.2, -0.15) is 10.4 Å². The van der Waals surface area contributed by atoms with E-state index >= 15 is 0 Å². The number of hydrogen-bond acceptors (Lipinski definition) is 5. The second-order valence-corrected chi connectivity index (χ2v) is 8.28. The Kier molecular flexibility index (Phi) is 6.61. The van der Waals surface area contributed by atoms with Crippen LogP contribution in [0.15, 0.2) is 54.6 Å². The molecule has 168 valence electrons. The molecule has 3 N–H and O–H groups in total. The zero-order valence-corrected chi connectivity index (χ0v) is 18.6. The molecule has 1 aliphatic heterocycles. The van der Waals surface area contributed by atoms with Crippen LogP contribution in [0.1, 0.15) is 24.1 Å². The number of amides is 2. The van der Waals surface area contributed by atoms with E-state index in [1.54, 1.807) is 33.8 Å². The standard InChI is InChI=1S/C24H23ClN6O2/c25-17-6-4-9-19(13-17)30-15-16(12-22(30)32)24(33)28-11-5-10-21-20(14-26)23(27)31(29-21)18-7-2-1-3-8-18/h1-4,6-9,13,16H,5,10-12,15,27H2,(H,28,33). The number of aromatic nitrogens is 2. The molecule has 0 aliphatic carbocycles. The summed E-state index contributed by atoms with van der Waals surface area (Å²) in [6.07, 6.45) is 1.24. The minimum Gasteiger partial charge on any atom is -0.382 e. The van der Waals surface area contributed by atoms with Gasteiger partial charge in [0.05, 0.1) is 17.3 Å². The number of nitrogens with two attached hydrogens (primary N) is 1. The molecule has 1 atom stereocenters. The van der Waals surface area contributed by atoms with Crippen LogP contribution >= 0.6 is 11.6 Å². The van der Waals surface area contributed by atoms with E-state index in [0.29, 0.717) is 53.7 Å². The maximum Gasteiger partial charge on any atom is 0.227 e. The Morgan fingerprint density at radius 3 is 2.70 bits per heavy atom. The molecular weight excluding hydrogens is 440 g/mol. The molecule has 9 heteroatoms. The van der Waals surface area contributed by atoms with Gasteiger partial charge in [-0.1, -0.05) is 35.9 Å². The molecule has 0 radical (unpaired) electrons. The fourth-order valence-corrected chi connectivity index (χ4v) is 4.11. The van der Waals surface area contributed by atoms with E-state index in [-0.39, 0.29) is 18.2 Å². The first-order valence-corrected chi connectivity index (χ1v) is 11.0. The van der Waals surface area contributed by atoms with Crippen LogP contribution in [0.3, 0.4) is 0 Å². The molecule has 0 bridgehead atoms. The Balaban J connectivity index is 1.32. The molecule has 8 nitrogen and oxygen atoms in total. The first kappa shape index (κ1) is 22.4. The van der Waals surface area contributed by atoms with E-state index in [1.807, 2.05) is 30.3 Å². The Morgan fingerprint density at radius 1 is 1.21 bits per heavy atom. The van der Waals surface area contributed by atoms with Crippen LogP contribution in [-0.2, 0) is 16.0 Å². The van der Waals surface area contributed by atoms with E-state index in [9.17, 15) is 14.9 Å². The quantitative estimate of drug-likeness (QED) is 0.523. The number of para-hydroxylation sites is 1. The topological polar surface area (TPSA) is 117 Å². The zero-order chi connectivity index (χ0) is 23.4. The monoisotopic (exact) mass is 462 g/mol. The normalized spacial score (nSPS) is 15.5. The van der Waals surface area contributed by atoms with Gasteiger partial charge in [-0.25, -0.2) is 4.68 Å². The molecule has 4 rings (SSSR count). The van der Waals surface area contributed by atoms with E-state index in [1.165, 1.54) is 0 Å². The summed E-state index contributed by atoms with van der Waals surface area (Å²) >= 11 is 6.02. The van der Waals surface area contributed by atoms with Gasteiger partial charge in [-0.3, -0.25) is 9.59 Å². The van der Waals surface area contributed by atoms with E-state index in [2.05, 4.69) is 16.5 Å². The Bertz CT molecular complexity index is 1220. The summed E-state index contributed by atoms with van der Waals surface area (Å²) in [5.41, 5.74) is 8.54. The number of nitrogens with zero attached hydrogens (tertiary/aromatic N) is 4. The number of rotatable bonds is 7. The maximum absolute atomic E-state index is 12.6. The molecule has 1 aliphatic rings. The second kappa shape index (κ2) is 9.76. The summed E-state index contributed by atoms with van der Waals surface area (Å²) in [6, 6.07) is 18.5. The predicted molar refractivity (Wildman–Crippen MR) is 126 cm³/mol. The summed E-state index contributed by atoms with van der Waals surface area (Å²) in [4.78, 5) is 26.6. The molecule has 1 fully saturated rings. The first-order chi connectivity index (χ1) is 16.0. The molecule has 2 aromatic carbocycles. The highest BCUT2D eigenvalue weighted by Gasteiger charge is 2.35. The van der Waals surface area contributed by atoms with Crippen molar-refractivity contribution in [1.82, 2.24) is 15.1 Å². The molecule has 3 aromatic rings. The zero-order valence-electron chi connectivity index (χ0n) is 17.9. The van der Waals surface area contributed by atoms with Crippen molar-refractivity contribution in [2.75, 3.05) is 23.7 Å². The second-order valence-electron chi connectivity index (χ2n) is 7.85. The van der Waals surface area contributed by atoms with Crippen LogP contribution < -0.4 is 16.0 Å². The number of halogens is 1. The van der Waals surface area contributed by atoms with Crippen LogP contribution in [0.5, 0.6) is 0 Å². The van der Waals surface area contributed by atoms with Crippen molar-refractivity contribution in [3.8, 4) is 11.8 Å². The van der Waals surface area contributed by atoms with Crippen molar-refractivity contribution >= 4 is 34.9 Å². The van der Waals surface area contributed by atoms with E-state index < -0.39 is 5.92 Å². The fraction of sp³-hybridized carbons (Fsp3) is 0.250. The minimum absolute atomic E-state index is 0.0991. The molecule has 0 spiro atoms. The molecule has 2 heterocycles. The van der Waals surface area contributed by atoms with Gasteiger partial charge in [-0.15, -0.1) is 0 Å². The van der Waals surface area contributed by atoms with Gasteiger partial charge >= 0.3 is 0 Å². The van der Waals surface area contributed by atoms with Crippen LogP contribution in [0.25, 0.3) is 5.69 Å². The third kappa shape index (κ3) is 4.83. The highest BCUT2D eigenvalue weighted by Crippen LogP contribution is 2.27. The largest absolute Gasteiger partial charge is 0.382 e. The number of nitrogen functional groups attached to an aromatic ring is 1. The van der Waals surface area contributed by atoms with Gasteiger partial charge in [-0.05, 0) is 43.2 Å². The van der Waals surface area contributed by atoms with Crippen molar-refractivity contribution in [3.63, 3.8) is 0 Å². The number of nitrogens with one attached hydrogen (secondary N) is 1. The number of benzene rings is 2. The average molecular weight is 463 g/mol. The summed E-state index contributed by atoms with van der Waals surface area (Å²) in [7, 11) is 0. The molecule has 2 amide bonds. The van der Waals surface area contributed by atoms with Gasteiger partial charge in [0.15, 0.2) is 0 Å². The summed E-state index contributed by atoms with van der Waals surface area (Å²) in [5.74, 6) is -0.381. The van der Waals surface area contributed by atoms with Crippen molar-refractivity contribution < 1.29 is 9.59 Å². The Labute approximate surface area is 196 Å². The number of carbonyl (C=O) groups excluding carboxylic acids is 2. The number of aryl methyl sites for hydroxylation is 1. The Hall–Kier alpha value is -3.83. The highest BCUT2D eigenvalue weighted by molar-refractivity contribution is 6.31. The van der Waals surface area contributed by atoms with Crippen LogP contribution in [0.2, 0.25) is 5.02 Å². The van der Waals surface area contributed by atoms with Gasteiger partial charge in [0.2, 0.25) is 11.8 Å². The summed E-state index contributed by atoms with van der Waals surface area (Å²) in [6.45, 7) is 0.727. The molecule has 1 aromatic heterocycles. The minimum atomic E-state index is -0.418. The van der Waals surface area contributed by atoms with Crippen LogP contribution in [0, 0.1) is 17.2 Å². The molecule has 33 heavy (non-hydrogen) atoms. The van der Waals surface area contributed by atoms with Crippen LogP contribution in [0.4, 0.5) is 11.5 Å². The lowest BCUT2D eigenvalue weighted by Crippen LogP contribution is -2.33. The smallest absolute Gasteiger partial charge is 0.227 e. The molecule has 1 saturated heterocycles. The first-order valence-electron chi connectivity index (χ1n) is 10.6. The highest BCUT2D eigenvalue weighted by atomic mass is 35.5.